The Morgan fingerprint density at radius 3 is 2.57 bits per heavy atom. The fourth-order valence-electron chi connectivity index (χ4n) is 4.20. The van der Waals surface area contributed by atoms with E-state index >= 15 is 0 Å². The summed E-state index contributed by atoms with van der Waals surface area (Å²) in [5, 5.41) is 8.78. The van der Waals surface area contributed by atoms with Crippen LogP contribution in [0.5, 0.6) is 0 Å². The van der Waals surface area contributed by atoms with Crippen LogP contribution in [0.15, 0.2) is 34.8 Å². The highest BCUT2D eigenvalue weighted by Gasteiger charge is 2.37. The summed E-state index contributed by atoms with van der Waals surface area (Å²) in [6.45, 7) is 5.80. The highest BCUT2D eigenvalue weighted by Crippen LogP contribution is 2.27. The molecule has 1 aliphatic heterocycles. The van der Waals surface area contributed by atoms with Gasteiger partial charge in [-0.25, -0.2) is 4.98 Å². The molecule has 4 amide bonds. The number of likely N-dealkylation sites (N-methyl/N-ethyl adjacent to an activating group) is 1. The molecule has 13 heteroatoms. The fraction of sp³-hybridized carbons (Fsp3) is 0.500. The molecule has 0 unspecified atom stereocenters. The number of aromatic nitrogens is 1. The summed E-state index contributed by atoms with van der Waals surface area (Å²) < 4.78 is 0. The van der Waals surface area contributed by atoms with Crippen molar-refractivity contribution in [3.63, 3.8) is 0 Å². The first kappa shape index (κ1) is 28.6. The number of pyridine rings is 1. The largest absolute Gasteiger partial charge is 0.349 e. The van der Waals surface area contributed by atoms with Crippen molar-refractivity contribution in [2.75, 3.05) is 46.1 Å². The van der Waals surface area contributed by atoms with Gasteiger partial charge in [-0.3, -0.25) is 29.1 Å². The molecule has 1 aliphatic carbocycles. The lowest BCUT2D eigenvalue weighted by molar-refractivity contribution is -0.138. The van der Waals surface area contributed by atoms with Crippen LogP contribution >= 0.6 is 23.4 Å². The van der Waals surface area contributed by atoms with Crippen molar-refractivity contribution in [3.05, 3.63) is 34.8 Å². The zero-order valence-electron chi connectivity index (χ0n) is 21.1. The molecule has 3 rings (SSSR count). The summed E-state index contributed by atoms with van der Waals surface area (Å²) in [6, 6.07) is 1.89. The number of carbonyl (C=O) groups is 4. The molecule has 0 aromatic carbocycles. The van der Waals surface area contributed by atoms with Crippen LogP contribution in [0.4, 0.5) is 5.82 Å². The van der Waals surface area contributed by atoms with E-state index in [2.05, 4.69) is 37.4 Å². The first-order valence-electron chi connectivity index (χ1n) is 11.9. The molecule has 3 N–H and O–H groups in total. The van der Waals surface area contributed by atoms with Gasteiger partial charge in [-0.05, 0) is 43.3 Å². The van der Waals surface area contributed by atoms with Crippen LogP contribution in [0.25, 0.3) is 0 Å². The van der Waals surface area contributed by atoms with Gasteiger partial charge in [0.2, 0.25) is 5.91 Å². The molecule has 2 heterocycles. The van der Waals surface area contributed by atoms with Gasteiger partial charge in [0, 0.05) is 45.3 Å². The van der Waals surface area contributed by atoms with Crippen LogP contribution in [0.3, 0.4) is 0 Å². The third-order valence-electron chi connectivity index (χ3n) is 6.07. The molecule has 1 aromatic heterocycles. The van der Waals surface area contributed by atoms with Gasteiger partial charge in [-0.1, -0.05) is 29.9 Å². The van der Waals surface area contributed by atoms with Crippen molar-refractivity contribution in [1.82, 2.24) is 25.4 Å². The minimum absolute atomic E-state index is 0.0512. The highest BCUT2D eigenvalue weighted by atomic mass is 35.5. The van der Waals surface area contributed by atoms with Crippen LogP contribution in [-0.2, 0) is 19.2 Å². The predicted octanol–water partition coefficient (Wildman–Crippen LogP) is 1.12. The fourth-order valence-corrected chi connectivity index (χ4v) is 5.18. The minimum atomic E-state index is -0.897. The normalized spacial score (nSPS) is 22.6. The van der Waals surface area contributed by atoms with Crippen LogP contribution in [0.1, 0.15) is 19.3 Å². The molecule has 37 heavy (non-hydrogen) atoms. The zero-order chi connectivity index (χ0) is 27.1. The van der Waals surface area contributed by atoms with Gasteiger partial charge in [0.25, 0.3) is 5.91 Å². The van der Waals surface area contributed by atoms with E-state index in [1.165, 1.54) is 28.9 Å². The molecular formula is C24H32ClN7O4S. The van der Waals surface area contributed by atoms with E-state index in [0.717, 1.165) is 4.91 Å². The van der Waals surface area contributed by atoms with Gasteiger partial charge < -0.3 is 20.9 Å². The lowest BCUT2D eigenvalue weighted by Crippen LogP contribution is -2.58. The standard InChI is InChI=1S/C24H32ClN7O4S/c1-14-13-32(4)10-9-26-23(37-14)22(35)29-18-11-15(24(36)31(2)3)5-7-17(18)28-20(33)21(34)30-19-8-6-16(25)12-27-19/h6,8,12,15,17-18H,1,5,7,9-11,13H2,2-4H3,(H,28,33)(H,29,35)(H,27,30,34)/t15-,17-,18+/m0/s1. The van der Waals surface area contributed by atoms with Gasteiger partial charge in [0.1, 0.15) is 5.82 Å². The highest BCUT2D eigenvalue weighted by molar-refractivity contribution is 8.18. The summed E-state index contributed by atoms with van der Waals surface area (Å²) >= 11 is 7.02. The Kier molecular flexibility index (Phi) is 10.1. The summed E-state index contributed by atoms with van der Waals surface area (Å²) in [7, 11) is 5.32. The first-order valence-corrected chi connectivity index (χ1v) is 13.1. The molecule has 0 saturated heterocycles. The third-order valence-corrected chi connectivity index (χ3v) is 7.22. The second kappa shape index (κ2) is 13.0. The van der Waals surface area contributed by atoms with Gasteiger partial charge in [-0.2, -0.15) is 0 Å². The second-order valence-corrected chi connectivity index (χ2v) is 10.9. The molecule has 0 radical (unpaired) electrons. The average molecular weight is 550 g/mol. The van der Waals surface area contributed by atoms with Crippen molar-refractivity contribution >= 4 is 57.9 Å². The number of nitrogens with zero attached hydrogens (tertiary/aromatic N) is 4. The summed E-state index contributed by atoms with van der Waals surface area (Å²) in [4.78, 5) is 63.7. The molecule has 1 saturated carbocycles. The van der Waals surface area contributed by atoms with Crippen LogP contribution < -0.4 is 16.0 Å². The third kappa shape index (κ3) is 8.27. The van der Waals surface area contributed by atoms with Gasteiger partial charge >= 0.3 is 11.8 Å². The van der Waals surface area contributed by atoms with Crippen LogP contribution in [0, 0.1) is 5.92 Å². The van der Waals surface area contributed by atoms with Crippen LogP contribution in [-0.4, -0.2) is 96.3 Å². The number of thioether (sulfide) groups is 1. The van der Waals surface area contributed by atoms with Gasteiger partial charge in [0.05, 0.1) is 17.6 Å². The molecule has 1 fully saturated rings. The Morgan fingerprint density at radius 2 is 1.89 bits per heavy atom. The Labute approximate surface area is 225 Å². The maximum atomic E-state index is 13.2. The van der Waals surface area contributed by atoms with E-state index in [1.807, 2.05) is 7.05 Å². The molecule has 200 valence electrons. The Morgan fingerprint density at radius 1 is 1.14 bits per heavy atom. The topological polar surface area (TPSA) is 136 Å². The molecule has 0 spiro atoms. The van der Waals surface area contributed by atoms with E-state index < -0.39 is 29.8 Å². The number of hydrogen-bond donors (Lipinski definition) is 3. The maximum Gasteiger partial charge on any atom is 0.314 e. The van der Waals surface area contributed by atoms with E-state index in [1.54, 1.807) is 20.2 Å². The van der Waals surface area contributed by atoms with E-state index in [4.69, 9.17) is 11.6 Å². The van der Waals surface area contributed by atoms with E-state index in [-0.39, 0.29) is 22.7 Å². The predicted molar refractivity (Wildman–Crippen MR) is 144 cm³/mol. The van der Waals surface area contributed by atoms with E-state index in [9.17, 15) is 19.2 Å². The number of nitrogens with one attached hydrogen (secondary N) is 3. The number of anilines is 1. The average Bonchev–Trinajstić information content (AvgIpc) is 2.83. The number of aliphatic imine (C=N–C) groups is 1. The van der Waals surface area contributed by atoms with Crippen LogP contribution in [0.2, 0.25) is 5.02 Å². The number of carbonyl (C=O) groups excluding carboxylic acids is 4. The summed E-state index contributed by atoms with van der Waals surface area (Å²) in [5.41, 5.74) is 0. The van der Waals surface area contributed by atoms with Crippen molar-refractivity contribution < 1.29 is 19.2 Å². The Balaban J connectivity index is 1.71. The monoisotopic (exact) mass is 549 g/mol. The summed E-state index contributed by atoms with van der Waals surface area (Å²) in [6.07, 6.45) is 2.58. The number of hydrogen-bond acceptors (Lipinski definition) is 8. The quantitative estimate of drug-likeness (QED) is 0.468. The van der Waals surface area contributed by atoms with Gasteiger partial charge in [0.15, 0.2) is 5.04 Å². The van der Waals surface area contributed by atoms with Crippen molar-refractivity contribution in [3.8, 4) is 0 Å². The maximum absolute atomic E-state index is 13.2. The number of amides is 4. The smallest absolute Gasteiger partial charge is 0.314 e. The van der Waals surface area contributed by atoms with Gasteiger partial charge in [-0.15, -0.1) is 0 Å². The van der Waals surface area contributed by atoms with Crippen molar-refractivity contribution in [1.29, 1.82) is 0 Å². The lowest BCUT2D eigenvalue weighted by atomic mass is 9.81. The molecule has 2 aliphatic rings. The Bertz CT molecular complexity index is 1080. The van der Waals surface area contributed by atoms with E-state index in [0.29, 0.717) is 43.9 Å². The molecular weight excluding hydrogens is 518 g/mol. The second-order valence-electron chi connectivity index (χ2n) is 9.28. The molecule has 1 aromatic rings. The first-order chi connectivity index (χ1) is 17.5. The minimum Gasteiger partial charge on any atom is -0.349 e. The van der Waals surface area contributed by atoms with Crippen molar-refractivity contribution in [2.24, 2.45) is 10.9 Å². The number of halogens is 1. The SMILES string of the molecule is C=C1CN(C)CCN=C(C(=O)N[C@@H]2C[C@@H](C(=O)N(C)C)CC[C@@H]2NC(=O)C(=O)Nc2ccc(Cl)cn2)S1. The summed E-state index contributed by atoms with van der Waals surface area (Å²) in [5.74, 6) is -2.35. The van der Waals surface area contributed by atoms with Crippen molar-refractivity contribution in [2.45, 2.75) is 31.3 Å². The Hall–Kier alpha value is -2.96. The molecule has 3 atom stereocenters. The number of rotatable bonds is 5. The lowest BCUT2D eigenvalue weighted by Gasteiger charge is -2.37. The zero-order valence-corrected chi connectivity index (χ0v) is 22.7. The molecule has 0 bridgehead atoms. The molecule has 11 nitrogen and oxygen atoms in total.